The van der Waals surface area contributed by atoms with E-state index in [0.717, 1.165) is 0 Å². The van der Waals surface area contributed by atoms with Crippen LogP contribution in [0.1, 0.15) is 33.1 Å². The Labute approximate surface area is 58.9 Å². The average molecular weight is 129 g/mol. The van der Waals surface area contributed by atoms with Gasteiger partial charge in [-0.3, -0.25) is 0 Å². The van der Waals surface area contributed by atoms with Crippen LogP contribution in [0.2, 0.25) is 0 Å². The monoisotopic (exact) mass is 129 g/mol. The largest absolute Gasteiger partial charge is 0.327 e. The van der Waals surface area contributed by atoms with Crippen LogP contribution in [0.5, 0.6) is 0 Å². The van der Waals surface area contributed by atoms with Gasteiger partial charge in [-0.2, -0.15) is 0 Å². The molecule has 0 saturated heterocycles. The minimum absolute atomic E-state index is 0.583. The first kappa shape index (κ1) is 11.5. The van der Waals surface area contributed by atoms with Gasteiger partial charge < -0.3 is 5.73 Å². The van der Waals surface area contributed by atoms with Crippen LogP contribution in [-0.2, 0) is 0 Å². The van der Waals surface area contributed by atoms with E-state index < -0.39 is 0 Å². The maximum absolute atomic E-state index is 4.91. The van der Waals surface area contributed by atoms with E-state index in [1.807, 2.05) is 0 Å². The molecule has 0 amide bonds. The molecule has 56 valence electrons. The van der Waals surface area contributed by atoms with E-state index in [-0.39, 0.29) is 0 Å². The summed E-state index contributed by atoms with van der Waals surface area (Å²) in [5.74, 6) is 0. The third-order valence-electron chi connectivity index (χ3n) is 0.874. The Balaban J connectivity index is 0. The lowest BCUT2D eigenvalue weighted by atomic mass is 10.3. The molecule has 0 aromatic carbocycles. The Morgan fingerprint density at radius 1 is 1.33 bits per heavy atom. The third kappa shape index (κ3) is 34.3. The van der Waals surface area contributed by atoms with Gasteiger partial charge in [0, 0.05) is 6.54 Å². The lowest BCUT2D eigenvalue weighted by Crippen LogP contribution is -1.90. The predicted molar refractivity (Wildman–Crippen MR) is 44.5 cm³/mol. The second kappa shape index (κ2) is 15.6. The van der Waals surface area contributed by atoms with Gasteiger partial charge in [0.25, 0.3) is 0 Å². The van der Waals surface area contributed by atoms with Crippen LogP contribution in [0.15, 0.2) is 12.7 Å². The molecule has 1 heteroatoms. The first-order chi connectivity index (χ1) is 4.33. The highest BCUT2D eigenvalue weighted by atomic mass is 14.5. The van der Waals surface area contributed by atoms with E-state index in [1.165, 1.54) is 19.3 Å². The topological polar surface area (TPSA) is 26.0 Å². The lowest BCUT2D eigenvalue weighted by Gasteiger charge is -1.79. The molecule has 0 fully saturated rings. The van der Waals surface area contributed by atoms with Crippen LogP contribution in [0.25, 0.3) is 0 Å². The van der Waals surface area contributed by atoms with E-state index >= 15 is 0 Å². The van der Waals surface area contributed by atoms with Crippen molar-refractivity contribution < 1.29 is 0 Å². The highest BCUT2D eigenvalue weighted by Crippen LogP contribution is 1.88. The van der Waals surface area contributed by atoms with Crippen molar-refractivity contribution in [2.75, 3.05) is 6.54 Å². The Hall–Kier alpha value is -0.300. The Kier molecular flexibility index (Phi) is 20.0. The van der Waals surface area contributed by atoms with Gasteiger partial charge in [0.2, 0.25) is 0 Å². The molecule has 0 saturated carbocycles. The molecule has 0 aliphatic heterocycles. The lowest BCUT2D eigenvalue weighted by molar-refractivity contribution is 0.772. The zero-order valence-electron chi connectivity index (χ0n) is 6.69. The molecule has 0 heterocycles. The van der Waals surface area contributed by atoms with E-state index in [2.05, 4.69) is 20.4 Å². The number of hydrogen-bond acceptors (Lipinski definition) is 1. The fraction of sp³-hybridized carbons (Fsp3) is 0.750. The molecule has 0 rings (SSSR count). The summed E-state index contributed by atoms with van der Waals surface area (Å²) in [6.45, 7) is 8.36. The molecule has 9 heavy (non-hydrogen) atoms. The zero-order valence-corrected chi connectivity index (χ0v) is 6.69. The van der Waals surface area contributed by atoms with Gasteiger partial charge in [0.15, 0.2) is 0 Å². The van der Waals surface area contributed by atoms with Crippen LogP contribution in [0, 0.1) is 0 Å². The van der Waals surface area contributed by atoms with Gasteiger partial charge in [-0.25, -0.2) is 0 Å². The predicted octanol–water partition coefficient (Wildman–Crippen LogP) is 2.33. The first-order valence-electron chi connectivity index (χ1n) is 3.64. The van der Waals surface area contributed by atoms with E-state index in [1.54, 1.807) is 6.08 Å². The third-order valence-corrected chi connectivity index (χ3v) is 0.874. The molecule has 0 unspecified atom stereocenters. The number of unbranched alkanes of at least 4 members (excludes halogenated alkanes) is 2. The molecule has 0 aromatic heterocycles. The summed E-state index contributed by atoms with van der Waals surface area (Å²) in [4.78, 5) is 0. The molecule has 0 atom stereocenters. The van der Waals surface area contributed by atoms with Crippen LogP contribution in [-0.4, -0.2) is 6.54 Å². The summed E-state index contributed by atoms with van der Waals surface area (Å²) >= 11 is 0. The van der Waals surface area contributed by atoms with E-state index in [0.29, 0.717) is 6.54 Å². The molecular weight excluding hydrogens is 110 g/mol. The van der Waals surface area contributed by atoms with Gasteiger partial charge >= 0.3 is 0 Å². The molecule has 0 aliphatic carbocycles. The quantitative estimate of drug-likeness (QED) is 0.581. The highest BCUT2D eigenvalue weighted by Gasteiger charge is 1.68. The van der Waals surface area contributed by atoms with Crippen LogP contribution in [0.4, 0.5) is 0 Å². The number of hydrogen-bond donors (Lipinski definition) is 1. The summed E-state index contributed by atoms with van der Waals surface area (Å²) < 4.78 is 0. The molecule has 2 N–H and O–H groups in total. The van der Waals surface area contributed by atoms with Crippen molar-refractivity contribution in [3.05, 3.63) is 12.7 Å². The summed E-state index contributed by atoms with van der Waals surface area (Å²) in [7, 11) is 0. The van der Waals surface area contributed by atoms with Gasteiger partial charge in [-0.1, -0.05) is 39.2 Å². The summed E-state index contributed by atoms with van der Waals surface area (Å²) in [6, 6.07) is 0. The highest BCUT2D eigenvalue weighted by molar-refractivity contribution is 4.64. The molecule has 0 bridgehead atoms. The van der Waals surface area contributed by atoms with E-state index in [9.17, 15) is 0 Å². The maximum atomic E-state index is 4.91. The van der Waals surface area contributed by atoms with Crippen molar-refractivity contribution in [2.24, 2.45) is 5.73 Å². The Bertz CT molecular complexity index is 39.8. The average Bonchev–Trinajstić information content (AvgIpc) is 1.91. The van der Waals surface area contributed by atoms with E-state index in [4.69, 9.17) is 5.73 Å². The van der Waals surface area contributed by atoms with Crippen molar-refractivity contribution in [1.82, 2.24) is 0 Å². The minimum atomic E-state index is 0.583. The fourth-order valence-electron chi connectivity index (χ4n) is 0.354. The maximum Gasteiger partial charge on any atom is 0.0104 e. The molecule has 0 spiro atoms. The molecule has 0 radical (unpaired) electrons. The Morgan fingerprint density at radius 3 is 1.67 bits per heavy atom. The Morgan fingerprint density at radius 2 is 1.67 bits per heavy atom. The second-order valence-corrected chi connectivity index (χ2v) is 1.88. The molecular formula is C8H19N. The van der Waals surface area contributed by atoms with Crippen LogP contribution < -0.4 is 5.73 Å². The SMILES string of the molecule is C=CCN.CCCCC. The van der Waals surface area contributed by atoms with Crippen molar-refractivity contribution in [2.45, 2.75) is 33.1 Å². The summed E-state index contributed by atoms with van der Waals surface area (Å²) in [5, 5.41) is 0. The zero-order chi connectivity index (χ0) is 7.54. The second-order valence-electron chi connectivity index (χ2n) is 1.88. The normalized spacial score (nSPS) is 7.44. The molecule has 0 aliphatic rings. The van der Waals surface area contributed by atoms with Gasteiger partial charge in [-0.15, -0.1) is 6.58 Å². The molecule has 1 nitrogen and oxygen atoms in total. The molecule has 0 aromatic rings. The van der Waals surface area contributed by atoms with Crippen molar-refractivity contribution in [1.29, 1.82) is 0 Å². The van der Waals surface area contributed by atoms with Crippen molar-refractivity contribution >= 4 is 0 Å². The van der Waals surface area contributed by atoms with Gasteiger partial charge in [0.1, 0.15) is 0 Å². The van der Waals surface area contributed by atoms with Gasteiger partial charge in [0.05, 0.1) is 0 Å². The van der Waals surface area contributed by atoms with Crippen molar-refractivity contribution in [3.63, 3.8) is 0 Å². The fourth-order valence-corrected chi connectivity index (χ4v) is 0.354. The van der Waals surface area contributed by atoms with Gasteiger partial charge in [-0.05, 0) is 0 Å². The minimum Gasteiger partial charge on any atom is -0.327 e. The van der Waals surface area contributed by atoms with Crippen molar-refractivity contribution in [3.8, 4) is 0 Å². The standard InChI is InChI=1S/C5H12.C3H7N/c1-3-5-4-2;1-2-3-4/h3-5H2,1-2H3;2H,1,3-4H2. The number of nitrogens with two attached hydrogens (primary N) is 1. The smallest absolute Gasteiger partial charge is 0.0104 e. The number of rotatable bonds is 3. The summed E-state index contributed by atoms with van der Waals surface area (Å²) in [5.41, 5.74) is 4.91. The van der Waals surface area contributed by atoms with Crippen LogP contribution in [0.3, 0.4) is 0 Å². The first-order valence-corrected chi connectivity index (χ1v) is 3.64. The summed E-state index contributed by atoms with van der Waals surface area (Å²) in [6.07, 6.45) is 5.73. The van der Waals surface area contributed by atoms with Crippen LogP contribution >= 0.6 is 0 Å².